The lowest BCUT2D eigenvalue weighted by Gasteiger charge is -2.45. The highest BCUT2D eigenvalue weighted by molar-refractivity contribution is 5.82. The average molecular weight is 690 g/mol. The number of Topliss-reactive ketones (excluding diaryl/α,β-unsaturated/α-hetero) is 1. The van der Waals surface area contributed by atoms with Crippen LogP contribution in [0.2, 0.25) is 0 Å². The molecule has 4 aromatic rings. The molecule has 1 N–H and O–H groups in total. The van der Waals surface area contributed by atoms with Crippen LogP contribution in [0.1, 0.15) is 60.3 Å². The predicted octanol–water partition coefficient (Wildman–Crippen LogP) is 6.91. The van der Waals surface area contributed by atoms with E-state index in [2.05, 4.69) is 29.6 Å². The summed E-state index contributed by atoms with van der Waals surface area (Å²) in [6, 6.07) is 34.6. The van der Waals surface area contributed by atoms with Crippen molar-refractivity contribution in [2.45, 2.75) is 75.1 Å². The van der Waals surface area contributed by atoms with E-state index in [1.807, 2.05) is 84.9 Å². The summed E-state index contributed by atoms with van der Waals surface area (Å²) in [5.41, 5.74) is 6.38. The number of ketones is 1. The second kappa shape index (κ2) is 16.0. The summed E-state index contributed by atoms with van der Waals surface area (Å²) in [6.07, 6.45) is 1.01. The van der Waals surface area contributed by atoms with E-state index in [1.54, 1.807) is 0 Å². The van der Waals surface area contributed by atoms with Crippen molar-refractivity contribution in [2.75, 3.05) is 19.8 Å². The van der Waals surface area contributed by atoms with Crippen LogP contribution in [0.15, 0.2) is 109 Å². The molecule has 2 fully saturated rings. The van der Waals surface area contributed by atoms with Gasteiger partial charge in [-0.2, -0.15) is 0 Å². The smallest absolute Gasteiger partial charge is 0.407 e. The molecule has 0 unspecified atom stereocenters. The molecule has 2 aliphatic heterocycles. The number of hydrogen-bond acceptors (Lipinski definition) is 8. The Kier molecular flexibility index (Phi) is 10.9. The van der Waals surface area contributed by atoms with Gasteiger partial charge in [-0.15, -0.1) is 0 Å². The zero-order valence-corrected chi connectivity index (χ0v) is 28.5. The van der Waals surface area contributed by atoms with E-state index in [9.17, 15) is 14.4 Å². The van der Waals surface area contributed by atoms with Crippen LogP contribution in [0.4, 0.5) is 4.79 Å². The number of carbonyl (C=O) groups is 3. The lowest BCUT2D eigenvalue weighted by Crippen LogP contribution is -2.52. The molecular formula is C42H43NO8. The van der Waals surface area contributed by atoms with E-state index in [0.29, 0.717) is 19.4 Å². The van der Waals surface area contributed by atoms with Gasteiger partial charge in [-0.25, -0.2) is 9.59 Å². The highest BCUT2D eigenvalue weighted by Gasteiger charge is 2.46. The molecule has 2 heterocycles. The third-order valence-electron chi connectivity index (χ3n) is 9.80. The average Bonchev–Trinajstić information content (AvgIpc) is 3.47. The third-order valence-corrected chi connectivity index (χ3v) is 9.80. The van der Waals surface area contributed by atoms with Crippen LogP contribution in [0.3, 0.4) is 0 Å². The van der Waals surface area contributed by atoms with Crippen LogP contribution >= 0.6 is 0 Å². The van der Waals surface area contributed by atoms with Crippen molar-refractivity contribution in [3.8, 4) is 11.1 Å². The summed E-state index contributed by atoms with van der Waals surface area (Å²) < 4.78 is 30.2. The van der Waals surface area contributed by atoms with E-state index >= 15 is 0 Å². The maximum atomic E-state index is 13.6. The molecule has 4 atom stereocenters. The number of nitrogens with one attached hydrogen (secondary N) is 1. The van der Waals surface area contributed by atoms with Gasteiger partial charge in [0, 0.05) is 25.2 Å². The van der Waals surface area contributed by atoms with Crippen molar-refractivity contribution in [3.63, 3.8) is 0 Å². The Labute approximate surface area is 298 Å². The van der Waals surface area contributed by atoms with Crippen LogP contribution < -0.4 is 5.32 Å². The van der Waals surface area contributed by atoms with Gasteiger partial charge in [0.2, 0.25) is 0 Å². The van der Waals surface area contributed by atoms with Crippen LogP contribution in [0, 0.1) is 0 Å². The molecule has 0 radical (unpaired) electrons. The Morgan fingerprint density at radius 2 is 1.37 bits per heavy atom. The van der Waals surface area contributed by atoms with Gasteiger partial charge in [0.1, 0.15) is 25.0 Å². The van der Waals surface area contributed by atoms with Crippen molar-refractivity contribution >= 4 is 17.8 Å². The fourth-order valence-corrected chi connectivity index (χ4v) is 7.44. The van der Waals surface area contributed by atoms with E-state index in [1.165, 1.54) is 0 Å². The maximum Gasteiger partial charge on any atom is 0.407 e. The minimum atomic E-state index is -1.07. The lowest BCUT2D eigenvalue weighted by atomic mass is 9.92. The number of amides is 1. The number of alkyl carbamates (subject to hydrolysis) is 1. The summed E-state index contributed by atoms with van der Waals surface area (Å²) in [6.45, 7) is 0.788. The minimum absolute atomic E-state index is 0.0367. The summed E-state index contributed by atoms with van der Waals surface area (Å²) in [7, 11) is 0. The first-order valence-electron chi connectivity index (χ1n) is 17.8. The number of rotatable bonds is 12. The molecule has 7 rings (SSSR count). The number of hydrogen-bond donors (Lipinski definition) is 1. The molecule has 9 heteroatoms. The van der Waals surface area contributed by atoms with Crippen molar-refractivity contribution in [3.05, 3.63) is 131 Å². The van der Waals surface area contributed by atoms with Gasteiger partial charge >= 0.3 is 12.1 Å². The first-order valence-corrected chi connectivity index (χ1v) is 17.8. The quantitative estimate of drug-likeness (QED) is 0.160. The van der Waals surface area contributed by atoms with Crippen LogP contribution in [-0.2, 0) is 46.3 Å². The van der Waals surface area contributed by atoms with Crippen molar-refractivity contribution < 1.29 is 38.1 Å². The van der Waals surface area contributed by atoms with E-state index in [4.69, 9.17) is 23.7 Å². The monoisotopic (exact) mass is 689 g/mol. The summed E-state index contributed by atoms with van der Waals surface area (Å²) in [5.74, 6) is -1.72. The van der Waals surface area contributed by atoms with Gasteiger partial charge in [0.15, 0.2) is 5.79 Å². The second-order valence-electron chi connectivity index (χ2n) is 13.5. The molecule has 0 bridgehead atoms. The molecule has 1 aliphatic carbocycles. The first-order chi connectivity index (χ1) is 24.9. The minimum Gasteiger partial charge on any atom is -0.461 e. The van der Waals surface area contributed by atoms with Gasteiger partial charge in [0.25, 0.3) is 0 Å². The Morgan fingerprint density at radius 3 is 2.08 bits per heavy atom. The first kappa shape index (κ1) is 34.6. The highest BCUT2D eigenvalue weighted by atomic mass is 16.7. The third kappa shape index (κ3) is 8.56. The van der Waals surface area contributed by atoms with Crippen LogP contribution in [0.5, 0.6) is 0 Å². The van der Waals surface area contributed by atoms with Crippen LogP contribution in [0.25, 0.3) is 11.1 Å². The molecule has 4 aromatic carbocycles. The second-order valence-corrected chi connectivity index (χ2v) is 13.5. The highest BCUT2D eigenvalue weighted by Crippen LogP contribution is 2.44. The number of carbonyl (C=O) groups excluding carboxylic acids is 3. The summed E-state index contributed by atoms with van der Waals surface area (Å²) >= 11 is 0. The number of ether oxygens (including phenoxy) is 5. The van der Waals surface area contributed by atoms with Crippen molar-refractivity contribution in [2.24, 2.45) is 0 Å². The predicted molar refractivity (Wildman–Crippen MR) is 190 cm³/mol. The van der Waals surface area contributed by atoms with Gasteiger partial charge in [0.05, 0.1) is 31.8 Å². The van der Waals surface area contributed by atoms with E-state index < -0.39 is 36.1 Å². The number of fused-ring (bicyclic) bond motifs is 3. The van der Waals surface area contributed by atoms with E-state index in [0.717, 1.165) is 39.8 Å². The topological polar surface area (TPSA) is 109 Å². The van der Waals surface area contributed by atoms with Gasteiger partial charge in [-0.3, -0.25) is 4.79 Å². The van der Waals surface area contributed by atoms with Gasteiger partial charge in [-0.05, 0) is 46.2 Å². The standard InChI is InChI=1S/C42H43NO8/c44-31-23-33(26-47-25-30-14-5-2-6-15-30)51-42(24-31)21-11-16-32(50-42)27-48-40(45)39(22-29-12-3-1-4-13-29)43-41(46)49-28-38-36-19-9-7-17-34(36)35-18-8-10-20-37(35)38/h1-10,12-15,17-20,32-33,38-39H,11,16,21-28H2,(H,43,46)/t32-,33-,39+,42-/m1/s1. The molecule has 1 spiro atoms. The Morgan fingerprint density at radius 1 is 0.745 bits per heavy atom. The number of benzene rings is 4. The fraction of sp³-hybridized carbons (Fsp3) is 0.357. The molecule has 51 heavy (non-hydrogen) atoms. The summed E-state index contributed by atoms with van der Waals surface area (Å²) in [5, 5.41) is 2.76. The van der Waals surface area contributed by atoms with Crippen LogP contribution in [-0.4, -0.2) is 61.7 Å². The zero-order valence-electron chi connectivity index (χ0n) is 28.5. The number of esters is 1. The zero-order chi connectivity index (χ0) is 35.0. The molecule has 0 saturated carbocycles. The van der Waals surface area contributed by atoms with Crippen molar-refractivity contribution in [1.29, 1.82) is 0 Å². The normalized spacial score (nSPS) is 21.8. The fourth-order valence-electron chi connectivity index (χ4n) is 7.44. The van der Waals surface area contributed by atoms with Gasteiger partial charge in [-0.1, -0.05) is 109 Å². The lowest BCUT2D eigenvalue weighted by molar-refractivity contribution is -0.313. The summed E-state index contributed by atoms with van der Waals surface area (Å²) in [4.78, 5) is 39.6. The Hall–Kier alpha value is -4.83. The molecule has 264 valence electrons. The van der Waals surface area contributed by atoms with E-state index in [-0.39, 0.29) is 50.8 Å². The largest absolute Gasteiger partial charge is 0.461 e. The van der Waals surface area contributed by atoms with Crippen molar-refractivity contribution in [1.82, 2.24) is 5.32 Å². The Balaban J connectivity index is 0.950. The molecular weight excluding hydrogens is 646 g/mol. The van der Waals surface area contributed by atoms with Gasteiger partial charge < -0.3 is 29.0 Å². The SMILES string of the molecule is O=C1C[C@H](COCc2ccccc2)O[C@]2(CCC[C@H](COC(=O)[C@H](Cc3ccccc3)NC(=O)OCC3c4ccccc4-c4ccccc43)O2)C1. The molecule has 3 aliphatic rings. The molecule has 1 amide bonds. The molecule has 2 saturated heterocycles. The maximum absolute atomic E-state index is 13.6. The Bertz CT molecular complexity index is 1770. The molecule has 9 nitrogen and oxygen atoms in total. The molecule has 0 aromatic heterocycles.